The first-order valence-electron chi connectivity index (χ1n) is 11.1. The summed E-state index contributed by atoms with van der Waals surface area (Å²) in [6, 6.07) is 15.8. The number of aryl methyl sites for hydroxylation is 2. The van der Waals surface area contributed by atoms with Gasteiger partial charge >= 0.3 is 0 Å². The van der Waals surface area contributed by atoms with Gasteiger partial charge in [0.25, 0.3) is 0 Å². The van der Waals surface area contributed by atoms with Gasteiger partial charge in [-0.3, -0.25) is 0 Å². The summed E-state index contributed by atoms with van der Waals surface area (Å²) in [5.41, 5.74) is 3.68. The monoisotopic (exact) mass is 422 g/mol. The van der Waals surface area contributed by atoms with Crippen LogP contribution < -0.4 is 0 Å². The maximum absolute atomic E-state index is 14.6. The number of hydrogen-bond acceptors (Lipinski definition) is 0. The average molecular weight is 423 g/mol. The zero-order valence-electron chi connectivity index (χ0n) is 18.2. The highest BCUT2D eigenvalue weighted by Crippen LogP contribution is 2.28. The van der Waals surface area contributed by atoms with E-state index in [-0.39, 0.29) is 11.4 Å². The Bertz CT molecular complexity index is 1030. The van der Waals surface area contributed by atoms with E-state index < -0.39 is 11.6 Å². The van der Waals surface area contributed by atoms with E-state index in [0.29, 0.717) is 23.1 Å². The van der Waals surface area contributed by atoms with Gasteiger partial charge in [-0.15, -0.1) is 0 Å². The van der Waals surface area contributed by atoms with Crippen LogP contribution in [-0.2, 0) is 12.8 Å². The molecule has 3 aromatic carbocycles. The fraction of sp³-hybridized carbons (Fsp3) is 0.286. The number of rotatable bonds is 9. The molecule has 3 aromatic rings. The normalized spacial score (nSPS) is 11.4. The van der Waals surface area contributed by atoms with E-state index in [1.165, 1.54) is 0 Å². The molecule has 0 fully saturated rings. The van der Waals surface area contributed by atoms with Crippen LogP contribution in [0.5, 0.6) is 0 Å². The molecule has 31 heavy (non-hydrogen) atoms. The van der Waals surface area contributed by atoms with Crippen LogP contribution in [0.2, 0.25) is 0 Å². The Labute approximate surface area is 183 Å². The molecule has 0 atom stereocenters. The van der Waals surface area contributed by atoms with Gasteiger partial charge in [0.15, 0.2) is 11.6 Å². The van der Waals surface area contributed by atoms with Crippen molar-refractivity contribution in [2.45, 2.75) is 52.4 Å². The van der Waals surface area contributed by atoms with Gasteiger partial charge in [-0.2, -0.15) is 0 Å². The van der Waals surface area contributed by atoms with Crippen molar-refractivity contribution < 1.29 is 13.2 Å². The Morgan fingerprint density at radius 2 is 1.48 bits per heavy atom. The average Bonchev–Trinajstić information content (AvgIpc) is 2.77. The van der Waals surface area contributed by atoms with Crippen molar-refractivity contribution in [3.8, 4) is 11.1 Å². The van der Waals surface area contributed by atoms with Crippen LogP contribution >= 0.6 is 0 Å². The van der Waals surface area contributed by atoms with Crippen molar-refractivity contribution in [3.63, 3.8) is 0 Å². The fourth-order valence-electron chi connectivity index (χ4n) is 3.68. The van der Waals surface area contributed by atoms with Crippen LogP contribution in [-0.4, -0.2) is 0 Å². The minimum absolute atomic E-state index is 0.240. The Morgan fingerprint density at radius 3 is 2.16 bits per heavy atom. The zero-order valence-corrected chi connectivity index (χ0v) is 18.2. The first kappa shape index (κ1) is 22.9. The lowest BCUT2D eigenvalue weighted by Crippen LogP contribution is -1.97. The quantitative estimate of drug-likeness (QED) is 0.239. The summed E-state index contributed by atoms with van der Waals surface area (Å²) in [6.07, 6.45) is 8.84. The van der Waals surface area contributed by atoms with E-state index >= 15 is 0 Å². The molecule has 3 heteroatoms. The molecule has 0 amide bonds. The molecule has 162 valence electrons. The van der Waals surface area contributed by atoms with Gasteiger partial charge in [0.1, 0.15) is 5.82 Å². The first-order valence-corrected chi connectivity index (χ1v) is 11.1. The minimum atomic E-state index is -0.800. The molecule has 0 bridgehead atoms. The third-order valence-electron chi connectivity index (χ3n) is 5.49. The van der Waals surface area contributed by atoms with Crippen molar-refractivity contribution in [3.05, 3.63) is 94.3 Å². The molecule has 0 aliphatic heterocycles. The first-order chi connectivity index (χ1) is 15.0. The van der Waals surface area contributed by atoms with Crippen molar-refractivity contribution in [1.82, 2.24) is 0 Å². The maximum atomic E-state index is 14.6. The van der Waals surface area contributed by atoms with E-state index in [1.807, 2.05) is 24.3 Å². The Balaban J connectivity index is 1.74. The van der Waals surface area contributed by atoms with Crippen molar-refractivity contribution >= 4 is 12.2 Å². The molecular weight excluding hydrogens is 393 g/mol. The lowest BCUT2D eigenvalue weighted by Gasteiger charge is -2.09. The predicted octanol–water partition coefficient (Wildman–Crippen LogP) is 8.63. The SMILES string of the molecule is CCCCCc1ccc(-c2ccc(C=Cc3ccc(CCC)cc3F)cc2)c(F)c1F. The highest BCUT2D eigenvalue weighted by molar-refractivity contribution is 5.72. The highest BCUT2D eigenvalue weighted by atomic mass is 19.2. The molecule has 0 N–H and O–H groups in total. The Morgan fingerprint density at radius 1 is 0.710 bits per heavy atom. The molecule has 0 aromatic heterocycles. The summed E-state index contributed by atoms with van der Waals surface area (Å²) < 4.78 is 43.3. The molecule has 0 nitrogen and oxygen atoms in total. The van der Waals surface area contributed by atoms with E-state index in [2.05, 4.69) is 13.8 Å². The summed E-state index contributed by atoms with van der Waals surface area (Å²) in [5.74, 6) is -1.79. The van der Waals surface area contributed by atoms with Crippen LogP contribution in [0.1, 0.15) is 61.8 Å². The van der Waals surface area contributed by atoms with Gasteiger partial charge < -0.3 is 0 Å². The molecule has 0 unspecified atom stereocenters. The summed E-state index contributed by atoms with van der Waals surface area (Å²) >= 11 is 0. The van der Waals surface area contributed by atoms with Crippen molar-refractivity contribution in [2.24, 2.45) is 0 Å². The van der Waals surface area contributed by atoms with Gasteiger partial charge in [0, 0.05) is 11.1 Å². The second-order valence-electron chi connectivity index (χ2n) is 7.92. The number of benzene rings is 3. The van der Waals surface area contributed by atoms with Gasteiger partial charge in [-0.25, -0.2) is 13.2 Å². The van der Waals surface area contributed by atoms with Crippen LogP contribution in [0.15, 0.2) is 54.6 Å². The van der Waals surface area contributed by atoms with Gasteiger partial charge in [-0.1, -0.05) is 93.8 Å². The molecule has 0 aliphatic carbocycles. The molecule has 0 spiro atoms. The molecule has 0 radical (unpaired) electrons. The maximum Gasteiger partial charge on any atom is 0.166 e. The van der Waals surface area contributed by atoms with Gasteiger partial charge in [0.2, 0.25) is 0 Å². The zero-order chi connectivity index (χ0) is 22.2. The summed E-state index contributed by atoms with van der Waals surface area (Å²) in [6.45, 7) is 4.15. The fourth-order valence-corrected chi connectivity index (χ4v) is 3.68. The van der Waals surface area contributed by atoms with Gasteiger partial charge in [-0.05, 0) is 47.6 Å². The second-order valence-corrected chi connectivity index (χ2v) is 7.92. The Hall–Kier alpha value is -2.81. The number of hydrogen-bond donors (Lipinski definition) is 0. The third kappa shape index (κ3) is 5.88. The Kier molecular flexibility index (Phi) is 8.11. The highest BCUT2D eigenvalue weighted by Gasteiger charge is 2.14. The summed E-state index contributed by atoms with van der Waals surface area (Å²) in [4.78, 5) is 0. The lowest BCUT2D eigenvalue weighted by atomic mass is 9.99. The van der Waals surface area contributed by atoms with E-state index in [0.717, 1.165) is 43.2 Å². The van der Waals surface area contributed by atoms with Crippen LogP contribution in [0.3, 0.4) is 0 Å². The van der Waals surface area contributed by atoms with Crippen LogP contribution in [0.25, 0.3) is 23.3 Å². The molecule has 0 aliphatic rings. The van der Waals surface area contributed by atoms with Gasteiger partial charge in [0.05, 0.1) is 0 Å². The van der Waals surface area contributed by atoms with E-state index in [1.54, 1.807) is 42.5 Å². The van der Waals surface area contributed by atoms with E-state index in [9.17, 15) is 13.2 Å². The van der Waals surface area contributed by atoms with E-state index in [4.69, 9.17) is 0 Å². The molecule has 0 heterocycles. The number of halogens is 3. The predicted molar refractivity (Wildman–Crippen MR) is 124 cm³/mol. The standard InChI is InChI=1S/C28H29F3/c1-3-5-6-8-24-17-18-25(28(31)27(24)30)22-13-9-20(10-14-22)11-15-23-16-12-21(7-4-2)19-26(23)29/h9-19H,3-8H2,1-2H3. The topological polar surface area (TPSA) is 0 Å². The number of unbranched alkanes of at least 4 members (excludes halogenated alkanes) is 2. The smallest absolute Gasteiger partial charge is 0.166 e. The van der Waals surface area contributed by atoms with Crippen LogP contribution in [0, 0.1) is 17.5 Å². The third-order valence-corrected chi connectivity index (χ3v) is 5.49. The lowest BCUT2D eigenvalue weighted by molar-refractivity contribution is 0.498. The van der Waals surface area contributed by atoms with Crippen molar-refractivity contribution in [1.29, 1.82) is 0 Å². The molecule has 0 saturated heterocycles. The molecule has 0 saturated carbocycles. The summed E-state index contributed by atoms with van der Waals surface area (Å²) in [7, 11) is 0. The van der Waals surface area contributed by atoms with Crippen molar-refractivity contribution in [2.75, 3.05) is 0 Å². The summed E-state index contributed by atoms with van der Waals surface area (Å²) in [5, 5.41) is 0. The van der Waals surface area contributed by atoms with Crippen LogP contribution in [0.4, 0.5) is 13.2 Å². The molecule has 3 rings (SSSR count). The second kappa shape index (κ2) is 11.0. The largest absolute Gasteiger partial charge is 0.206 e. The molecular formula is C28H29F3. The minimum Gasteiger partial charge on any atom is -0.206 e.